The fourth-order valence-electron chi connectivity index (χ4n) is 2.68. The van der Waals surface area contributed by atoms with Crippen LogP contribution in [0.5, 0.6) is 0 Å². The fourth-order valence-corrected chi connectivity index (χ4v) is 2.68. The summed E-state index contributed by atoms with van der Waals surface area (Å²) in [6, 6.07) is 5.47. The molecular weight excluding hydrogens is 324 g/mol. The van der Waals surface area contributed by atoms with Crippen LogP contribution in [0.4, 0.5) is 4.79 Å². The normalized spacial score (nSPS) is 17.0. The zero-order valence-corrected chi connectivity index (χ0v) is 14.4. The molecule has 25 heavy (non-hydrogen) atoms. The Morgan fingerprint density at radius 2 is 1.80 bits per heavy atom. The molecule has 0 saturated heterocycles. The summed E-state index contributed by atoms with van der Waals surface area (Å²) in [5, 5.41) is 2.79. The summed E-state index contributed by atoms with van der Waals surface area (Å²) in [7, 11) is 2.58. The van der Waals surface area contributed by atoms with Gasteiger partial charge >= 0.3 is 18.0 Å². The SMILES string of the molecule is C=CCN1C(=O)N[C@H](c2ccc(C(=O)OC)cc2)C(C(=O)OC)=C1C. The van der Waals surface area contributed by atoms with Crippen molar-refractivity contribution in [2.45, 2.75) is 13.0 Å². The third-order valence-corrected chi connectivity index (χ3v) is 3.98. The molecule has 0 radical (unpaired) electrons. The van der Waals surface area contributed by atoms with Crippen molar-refractivity contribution in [3.8, 4) is 0 Å². The molecule has 2 amide bonds. The molecule has 1 aliphatic rings. The second-order valence-corrected chi connectivity index (χ2v) is 5.39. The number of rotatable bonds is 5. The van der Waals surface area contributed by atoms with Gasteiger partial charge in [0.25, 0.3) is 0 Å². The second kappa shape index (κ2) is 7.65. The van der Waals surface area contributed by atoms with Gasteiger partial charge < -0.3 is 14.8 Å². The molecule has 132 valence electrons. The van der Waals surface area contributed by atoms with E-state index in [4.69, 9.17) is 4.74 Å². The predicted octanol–water partition coefficient (Wildman–Crippen LogP) is 2.17. The molecule has 1 aromatic carbocycles. The van der Waals surface area contributed by atoms with Crippen LogP contribution in [0.15, 0.2) is 48.2 Å². The van der Waals surface area contributed by atoms with E-state index in [0.717, 1.165) is 0 Å². The summed E-state index contributed by atoms with van der Waals surface area (Å²) in [6.07, 6.45) is 1.57. The first-order chi connectivity index (χ1) is 11.9. The van der Waals surface area contributed by atoms with Crippen LogP contribution in [0.1, 0.15) is 28.9 Å². The van der Waals surface area contributed by atoms with Crippen LogP contribution >= 0.6 is 0 Å². The molecule has 1 atom stereocenters. The average molecular weight is 344 g/mol. The molecular formula is C18H20N2O5. The Morgan fingerprint density at radius 1 is 1.20 bits per heavy atom. The number of allylic oxidation sites excluding steroid dienone is 1. The minimum atomic E-state index is -0.673. The minimum absolute atomic E-state index is 0.270. The molecule has 7 heteroatoms. The molecule has 0 unspecified atom stereocenters. The molecule has 1 aliphatic heterocycles. The van der Waals surface area contributed by atoms with Crippen LogP contribution in [0.3, 0.4) is 0 Å². The summed E-state index contributed by atoms with van der Waals surface area (Å²) in [5.41, 5.74) is 1.85. The lowest BCUT2D eigenvalue weighted by atomic mass is 9.94. The van der Waals surface area contributed by atoms with Crippen molar-refractivity contribution in [3.63, 3.8) is 0 Å². The molecule has 0 aliphatic carbocycles. The first-order valence-corrected chi connectivity index (χ1v) is 7.60. The van der Waals surface area contributed by atoms with E-state index in [2.05, 4.69) is 16.6 Å². The van der Waals surface area contributed by atoms with Gasteiger partial charge in [0.05, 0.1) is 31.4 Å². The van der Waals surface area contributed by atoms with E-state index in [0.29, 0.717) is 22.4 Å². The fraction of sp³-hybridized carbons (Fsp3) is 0.278. The van der Waals surface area contributed by atoms with E-state index in [1.54, 1.807) is 37.3 Å². The molecule has 0 fully saturated rings. The maximum absolute atomic E-state index is 12.4. The van der Waals surface area contributed by atoms with Gasteiger partial charge in [-0.3, -0.25) is 4.90 Å². The Labute approximate surface area is 145 Å². The Hall–Kier alpha value is -3.09. The zero-order chi connectivity index (χ0) is 18.6. The first-order valence-electron chi connectivity index (χ1n) is 7.60. The molecule has 1 heterocycles. The highest BCUT2D eigenvalue weighted by Gasteiger charge is 2.35. The quantitative estimate of drug-likeness (QED) is 0.654. The van der Waals surface area contributed by atoms with Crippen LogP contribution < -0.4 is 5.32 Å². The van der Waals surface area contributed by atoms with E-state index in [-0.39, 0.29) is 12.6 Å². The summed E-state index contributed by atoms with van der Waals surface area (Å²) in [4.78, 5) is 37.6. The van der Waals surface area contributed by atoms with Gasteiger partial charge in [-0.2, -0.15) is 0 Å². The Bertz CT molecular complexity index is 736. The van der Waals surface area contributed by atoms with Crippen molar-refractivity contribution >= 4 is 18.0 Å². The largest absolute Gasteiger partial charge is 0.466 e. The number of carbonyl (C=O) groups excluding carboxylic acids is 3. The standard InChI is InChI=1S/C18H20N2O5/c1-5-10-20-11(2)14(17(22)25-4)15(19-18(20)23)12-6-8-13(9-7-12)16(21)24-3/h5-9,15H,1,10H2,2-4H3,(H,19,23)/t15-/m1/s1. The summed E-state index contributed by atoms with van der Waals surface area (Å²) in [6.45, 7) is 5.58. The van der Waals surface area contributed by atoms with E-state index in [9.17, 15) is 14.4 Å². The molecule has 2 rings (SSSR count). The van der Waals surface area contributed by atoms with Gasteiger partial charge in [-0.1, -0.05) is 18.2 Å². The van der Waals surface area contributed by atoms with E-state index in [1.165, 1.54) is 19.1 Å². The number of ether oxygens (including phenoxy) is 2. The van der Waals surface area contributed by atoms with Crippen LogP contribution in [0, 0.1) is 0 Å². The highest BCUT2D eigenvalue weighted by atomic mass is 16.5. The molecule has 0 bridgehead atoms. The lowest BCUT2D eigenvalue weighted by molar-refractivity contribution is -0.136. The van der Waals surface area contributed by atoms with E-state index >= 15 is 0 Å². The number of hydrogen-bond acceptors (Lipinski definition) is 5. The van der Waals surface area contributed by atoms with Crippen LogP contribution in [-0.4, -0.2) is 43.6 Å². The number of urea groups is 1. The molecule has 0 spiro atoms. The summed E-state index contributed by atoms with van der Waals surface area (Å²) in [5.74, 6) is -0.995. The number of nitrogens with one attached hydrogen (secondary N) is 1. The monoisotopic (exact) mass is 344 g/mol. The number of hydrogen-bond donors (Lipinski definition) is 1. The maximum atomic E-state index is 12.4. The minimum Gasteiger partial charge on any atom is -0.466 e. The third kappa shape index (κ3) is 3.55. The molecule has 1 N–H and O–H groups in total. The van der Waals surface area contributed by atoms with Crippen molar-refractivity contribution in [2.24, 2.45) is 0 Å². The van der Waals surface area contributed by atoms with Crippen molar-refractivity contribution in [2.75, 3.05) is 20.8 Å². The molecule has 0 saturated carbocycles. The van der Waals surface area contributed by atoms with Crippen molar-refractivity contribution < 1.29 is 23.9 Å². The van der Waals surface area contributed by atoms with Gasteiger partial charge in [-0.05, 0) is 24.6 Å². The highest BCUT2D eigenvalue weighted by molar-refractivity contribution is 5.95. The van der Waals surface area contributed by atoms with Crippen molar-refractivity contribution in [1.82, 2.24) is 10.2 Å². The van der Waals surface area contributed by atoms with Crippen LogP contribution in [0.25, 0.3) is 0 Å². The number of nitrogens with zero attached hydrogens (tertiary/aromatic N) is 1. The summed E-state index contributed by atoms with van der Waals surface area (Å²) < 4.78 is 9.54. The van der Waals surface area contributed by atoms with Gasteiger partial charge in [-0.15, -0.1) is 6.58 Å². The lowest BCUT2D eigenvalue weighted by Gasteiger charge is -2.34. The maximum Gasteiger partial charge on any atom is 0.337 e. The van der Waals surface area contributed by atoms with Crippen LogP contribution in [0.2, 0.25) is 0 Å². The van der Waals surface area contributed by atoms with Gasteiger partial charge in [0.15, 0.2) is 0 Å². The number of benzene rings is 1. The highest BCUT2D eigenvalue weighted by Crippen LogP contribution is 2.31. The van der Waals surface area contributed by atoms with Gasteiger partial charge in [0, 0.05) is 12.2 Å². The predicted molar refractivity (Wildman–Crippen MR) is 90.7 cm³/mol. The number of methoxy groups -OCH3 is 2. The molecule has 0 aromatic heterocycles. The van der Waals surface area contributed by atoms with Crippen molar-refractivity contribution in [1.29, 1.82) is 0 Å². The first kappa shape index (κ1) is 18.3. The number of esters is 2. The van der Waals surface area contributed by atoms with Gasteiger partial charge in [-0.25, -0.2) is 14.4 Å². The van der Waals surface area contributed by atoms with E-state index < -0.39 is 18.0 Å². The number of carbonyl (C=O) groups is 3. The second-order valence-electron chi connectivity index (χ2n) is 5.39. The molecule has 1 aromatic rings. The van der Waals surface area contributed by atoms with E-state index in [1.807, 2.05) is 0 Å². The molecule has 7 nitrogen and oxygen atoms in total. The van der Waals surface area contributed by atoms with Crippen LogP contribution in [-0.2, 0) is 14.3 Å². The summed E-state index contributed by atoms with van der Waals surface area (Å²) >= 11 is 0. The van der Waals surface area contributed by atoms with Gasteiger partial charge in [0.2, 0.25) is 0 Å². The van der Waals surface area contributed by atoms with Crippen molar-refractivity contribution in [3.05, 3.63) is 59.3 Å². The lowest BCUT2D eigenvalue weighted by Crippen LogP contribution is -2.48. The zero-order valence-electron chi connectivity index (χ0n) is 14.4. The Balaban J connectivity index is 2.47. The topological polar surface area (TPSA) is 84.9 Å². The van der Waals surface area contributed by atoms with Gasteiger partial charge in [0.1, 0.15) is 0 Å². The Morgan fingerprint density at radius 3 is 2.32 bits per heavy atom. The average Bonchev–Trinajstić information content (AvgIpc) is 2.63. The number of amides is 2. The Kier molecular flexibility index (Phi) is 5.59. The smallest absolute Gasteiger partial charge is 0.337 e. The third-order valence-electron chi connectivity index (χ3n) is 3.98.